The van der Waals surface area contributed by atoms with E-state index in [9.17, 15) is 4.79 Å². The number of carbonyl (C=O) groups excluding carboxylic acids is 1. The predicted octanol–water partition coefficient (Wildman–Crippen LogP) is 0.543. The van der Waals surface area contributed by atoms with Crippen LogP contribution in [0.15, 0.2) is 12.2 Å². The molecule has 0 aliphatic carbocycles. The maximum atomic E-state index is 10.5. The van der Waals surface area contributed by atoms with E-state index in [1.165, 1.54) is 4.18 Å². The van der Waals surface area contributed by atoms with E-state index in [0.717, 1.165) is 0 Å². The first-order valence-corrected chi connectivity index (χ1v) is 8.48. The van der Waals surface area contributed by atoms with Crippen molar-refractivity contribution in [3.05, 3.63) is 12.2 Å². The molecule has 0 aromatic carbocycles. The molecular formula is C5H5InO. The number of rotatable bonds is 0. The van der Waals surface area contributed by atoms with Crippen LogP contribution in [-0.4, -0.2) is 25.0 Å². The molecule has 0 bridgehead atoms. The van der Waals surface area contributed by atoms with Gasteiger partial charge in [0.25, 0.3) is 0 Å². The van der Waals surface area contributed by atoms with Gasteiger partial charge in [0.2, 0.25) is 0 Å². The van der Waals surface area contributed by atoms with Gasteiger partial charge in [0.15, 0.2) is 0 Å². The molecule has 0 saturated carbocycles. The van der Waals surface area contributed by atoms with Crippen LogP contribution in [0.1, 0.15) is 0 Å². The minimum absolute atomic E-state index is 0.571. The molecule has 0 radical (unpaired) electrons. The molecule has 1 unspecified atom stereocenters. The molecule has 2 heterocycles. The van der Waals surface area contributed by atoms with Crippen molar-refractivity contribution in [3.8, 4) is 0 Å². The van der Waals surface area contributed by atoms with E-state index >= 15 is 0 Å². The standard InChI is InChI=1S/C5H5O.In/c1-2-3-4-5-6;/h2-4H,1H2;. The van der Waals surface area contributed by atoms with Crippen molar-refractivity contribution in [1.29, 1.82) is 0 Å². The summed E-state index contributed by atoms with van der Waals surface area (Å²) in [6.45, 7) is 0. The molecule has 0 aromatic heterocycles. The maximum absolute atomic E-state index is 10.5. The van der Waals surface area contributed by atoms with Crippen LogP contribution in [0, 0.1) is 0 Å². The zero-order chi connectivity index (χ0) is 4.85. The molecule has 0 amide bonds. The van der Waals surface area contributed by atoms with Gasteiger partial charge in [-0.05, 0) is 0 Å². The summed E-state index contributed by atoms with van der Waals surface area (Å²) in [6.07, 6.45) is 4.30. The van der Waals surface area contributed by atoms with Crippen molar-refractivity contribution < 1.29 is 4.79 Å². The molecule has 1 fully saturated rings. The Morgan fingerprint density at radius 1 is 1.86 bits per heavy atom. The third-order valence-corrected chi connectivity index (χ3v) is 10.0. The summed E-state index contributed by atoms with van der Waals surface area (Å²) in [5, 5.41) is 0. The van der Waals surface area contributed by atoms with Gasteiger partial charge in [-0.2, -0.15) is 0 Å². The molecule has 2 rings (SSSR count). The van der Waals surface area contributed by atoms with E-state index in [2.05, 4.69) is 12.2 Å². The molecule has 0 spiro atoms. The van der Waals surface area contributed by atoms with Gasteiger partial charge in [-0.1, -0.05) is 0 Å². The second-order valence-electron chi connectivity index (χ2n) is 2.20. The van der Waals surface area contributed by atoms with E-state index in [1.807, 2.05) is 0 Å². The summed E-state index contributed by atoms with van der Waals surface area (Å²) < 4.78 is 2.47. The summed E-state index contributed by atoms with van der Waals surface area (Å²) in [6, 6.07) is 0. The summed E-state index contributed by atoms with van der Waals surface area (Å²) in [5.41, 5.74) is 0. The quantitative estimate of drug-likeness (QED) is 0.516. The molecular weight excluding hydrogens is 191 g/mol. The summed E-state index contributed by atoms with van der Waals surface area (Å²) in [4.78, 5) is 10.5. The van der Waals surface area contributed by atoms with E-state index in [-0.39, 0.29) is 0 Å². The van der Waals surface area contributed by atoms with E-state index < -0.39 is 21.4 Å². The Morgan fingerprint density at radius 2 is 2.71 bits per heavy atom. The van der Waals surface area contributed by atoms with Crippen molar-refractivity contribution in [2.24, 2.45) is 0 Å². The van der Waals surface area contributed by atoms with Crippen molar-refractivity contribution in [1.82, 2.24) is 0 Å². The van der Waals surface area contributed by atoms with Crippen LogP contribution in [0.5, 0.6) is 0 Å². The monoisotopic (exact) mass is 196 g/mol. The Kier molecular flexibility index (Phi) is 0.695. The predicted molar refractivity (Wildman–Crippen MR) is 28.5 cm³/mol. The average Bonchev–Trinajstić information content (AvgIpc) is 2.26. The fraction of sp³-hybridized carbons (Fsp3) is 0.400. The second kappa shape index (κ2) is 1.16. The zero-order valence-corrected chi connectivity index (χ0v) is 7.22. The molecule has 2 aliphatic heterocycles. The molecule has 1 atom stereocenters. The number of hydrogen-bond donors (Lipinski definition) is 0. The fourth-order valence-corrected chi connectivity index (χ4v) is 9.89. The van der Waals surface area contributed by atoms with E-state index in [0.29, 0.717) is 7.21 Å². The van der Waals surface area contributed by atoms with Crippen LogP contribution in [0.3, 0.4) is 0 Å². The van der Waals surface area contributed by atoms with Crippen molar-refractivity contribution in [2.75, 3.05) is 0 Å². The second-order valence-corrected chi connectivity index (χ2v) is 10.7. The first-order valence-electron chi connectivity index (χ1n) is 2.60. The van der Waals surface area contributed by atoms with Crippen molar-refractivity contribution in [3.63, 3.8) is 0 Å². The summed E-state index contributed by atoms with van der Waals surface area (Å²) in [5.74, 6) is 0. The Labute approximate surface area is 49.9 Å². The van der Waals surface area contributed by atoms with Crippen LogP contribution < -0.4 is 0 Å². The van der Waals surface area contributed by atoms with Gasteiger partial charge in [0, 0.05) is 0 Å². The normalized spacial score (nSPS) is 34.0. The van der Waals surface area contributed by atoms with E-state index in [4.69, 9.17) is 0 Å². The van der Waals surface area contributed by atoms with Gasteiger partial charge in [0.1, 0.15) is 0 Å². The Balaban J connectivity index is 2.33. The Hall–Kier alpha value is 0.280. The van der Waals surface area contributed by atoms with Crippen LogP contribution in [0.25, 0.3) is 0 Å². The van der Waals surface area contributed by atoms with Gasteiger partial charge in [-0.3, -0.25) is 0 Å². The van der Waals surface area contributed by atoms with Gasteiger partial charge >= 0.3 is 49.8 Å². The first kappa shape index (κ1) is 4.19. The number of carbonyl (C=O) groups is 1. The summed E-state index contributed by atoms with van der Waals surface area (Å²) in [7, 11) is 0. The first-order chi connectivity index (χ1) is 3.39. The fourth-order valence-electron chi connectivity index (χ4n) is 1.18. The topological polar surface area (TPSA) is 17.1 Å². The third kappa shape index (κ3) is 0.434. The van der Waals surface area contributed by atoms with Crippen molar-refractivity contribution in [2.45, 2.75) is 7.85 Å². The summed E-state index contributed by atoms with van der Waals surface area (Å²) >= 11 is -1.32. The van der Waals surface area contributed by atoms with Gasteiger partial charge < -0.3 is 0 Å². The van der Waals surface area contributed by atoms with Gasteiger partial charge in [-0.15, -0.1) is 0 Å². The minimum atomic E-state index is -1.32. The Morgan fingerprint density at radius 3 is 3.00 bits per heavy atom. The van der Waals surface area contributed by atoms with Crippen LogP contribution in [0.2, 0.25) is 7.85 Å². The number of hydrogen-bond acceptors (Lipinski definition) is 1. The van der Waals surface area contributed by atoms with Gasteiger partial charge in [-0.25, -0.2) is 0 Å². The number of allylic oxidation sites excluding steroid dienone is 2. The Bertz CT molecular complexity index is 150. The molecule has 7 heavy (non-hydrogen) atoms. The zero-order valence-electron chi connectivity index (χ0n) is 3.92. The molecule has 2 heteroatoms. The molecule has 2 aliphatic rings. The average molecular weight is 196 g/mol. The van der Waals surface area contributed by atoms with E-state index in [1.54, 1.807) is 0 Å². The molecule has 0 aromatic rings. The number of fused-ring (bicyclic) bond motifs is 1. The molecule has 1 nitrogen and oxygen atoms in total. The van der Waals surface area contributed by atoms with Crippen LogP contribution in [0.4, 0.5) is 0 Å². The molecule has 1 saturated heterocycles. The SMILES string of the molecule is O=[C]1[CH]2C=C[CH2][In]12. The van der Waals surface area contributed by atoms with Gasteiger partial charge in [0.05, 0.1) is 0 Å². The van der Waals surface area contributed by atoms with Crippen molar-refractivity contribution >= 4 is 25.0 Å². The molecule has 0 N–H and O–H groups in total. The van der Waals surface area contributed by atoms with Crippen LogP contribution >= 0.6 is 0 Å². The third-order valence-electron chi connectivity index (χ3n) is 1.75. The molecule has 34 valence electrons. The van der Waals surface area contributed by atoms with Crippen LogP contribution in [-0.2, 0) is 4.79 Å².